The number of aliphatic carboxylic acids is 1. The van der Waals surface area contributed by atoms with Crippen LogP contribution in [0.1, 0.15) is 12.5 Å². The molecule has 1 atom stereocenters. The number of morpholine rings is 1. The van der Waals surface area contributed by atoms with Crippen molar-refractivity contribution in [3.63, 3.8) is 0 Å². The van der Waals surface area contributed by atoms with Crippen molar-refractivity contribution >= 4 is 17.4 Å². The van der Waals surface area contributed by atoms with Crippen LogP contribution in [0.4, 0.5) is 4.39 Å². The summed E-state index contributed by atoms with van der Waals surface area (Å²) in [5, 5.41) is 8.91. The van der Waals surface area contributed by atoms with Crippen molar-refractivity contribution in [2.45, 2.75) is 13.0 Å². The lowest BCUT2D eigenvalue weighted by Gasteiger charge is -2.30. The standard InChI is InChI=1S/C15H16FNO4/c1-10(11-3-2-4-12(16)8-11)7-14(18)17-5-6-21-13(9-17)15(19)20/h2-4,7-8,13H,5-6,9H2,1H3,(H,19,20)/b10-7-. The Bertz CT molecular complexity index is 585. The van der Waals surface area contributed by atoms with Crippen molar-refractivity contribution < 1.29 is 23.8 Å². The zero-order chi connectivity index (χ0) is 15.4. The molecule has 1 amide bonds. The van der Waals surface area contributed by atoms with E-state index in [4.69, 9.17) is 9.84 Å². The number of halogens is 1. The van der Waals surface area contributed by atoms with E-state index in [2.05, 4.69) is 0 Å². The van der Waals surface area contributed by atoms with Gasteiger partial charge in [0.25, 0.3) is 0 Å². The maximum Gasteiger partial charge on any atom is 0.334 e. The molecule has 0 saturated carbocycles. The van der Waals surface area contributed by atoms with E-state index in [0.29, 0.717) is 17.7 Å². The third kappa shape index (κ3) is 3.88. The third-order valence-corrected chi connectivity index (χ3v) is 3.27. The van der Waals surface area contributed by atoms with Gasteiger partial charge in [0.2, 0.25) is 5.91 Å². The van der Waals surface area contributed by atoms with Gasteiger partial charge in [0, 0.05) is 12.6 Å². The predicted molar refractivity (Wildman–Crippen MR) is 74.0 cm³/mol. The molecule has 21 heavy (non-hydrogen) atoms. The van der Waals surface area contributed by atoms with Gasteiger partial charge in [0.05, 0.1) is 13.2 Å². The highest BCUT2D eigenvalue weighted by Crippen LogP contribution is 2.16. The van der Waals surface area contributed by atoms with E-state index in [9.17, 15) is 14.0 Å². The van der Waals surface area contributed by atoms with Crippen LogP contribution in [-0.2, 0) is 14.3 Å². The third-order valence-electron chi connectivity index (χ3n) is 3.27. The highest BCUT2D eigenvalue weighted by molar-refractivity contribution is 5.95. The Hall–Kier alpha value is -2.21. The minimum absolute atomic E-state index is 0.0150. The summed E-state index contributed by atoms with van der Waals surface area (Å²) in [6.07, 6.45) is 0.393. The van der Waals surface area contributed by atoms with E-state index in [1.165, 1.54) is 23.1 Å². The normalized spacial score (nSPS) is 19.4. The number of allylic oxidation sites excluding steroid dienone is 1. The number of carbonyl (C=O) groups is 2. The lowest BCUT2D eigenvalue weighted by atomic mass is 10.1. The van der Waals surface area contributed by atoms with Crippen molar-refractivity contribution in [3.05, 3.63) is 41.7 Å². The van der Waals surface area contributed by atoms with Crippen LogP contribution >= 0.6 is 0 Å². The Morgan fingerprint density at radius 1 is 1.48 bits per heavy atom. The molecule has 1 aliphatic rings. The molecular formula is C15H16FNO4. The smallest absolute Gasteiger partial charge is 0.334 e. The van der Waals surface area contributed by atoms with Crippen LogP contribution in [0.25, 0.3) is 5.57 Å². The lowest BCUT2D eigenvalue weighted by Crippen LogP contribution is -2.48. The van der Waals surface area contributed by atoms with Gasteiger partial charge in [0.15, 0.2) is 6.10 Å². The summed E-state index contributed by atoms with van der Waals surface area (Å²) in [6.45, 7) is 2.26. The van der Waals surface area contributed by atoms with Gasteiger partial charge in [-0.1, -0.05) is 12.1 Å². The first-order valence-electron chi connectivity index (χ1n) is 6.55. The second-order valence-corrected chi connectivity index (χ2v) is 4.82. The number of benzene rings is 1. The number of ether oxygens (including phenoxy) is 1. The SMILES string of the molecule is C/C(=C/C(=O)N1CCOC(C(=O)O)C1)c1cccc(F)c1. The van der Waals surface area contributed by atoms with Gasteiger partial charge in [-0.25, -0.2) is 9.18 Å². The van der Waals surface area contributed by atoms with Crippen molar-refractivity contribution in [3.8, 4) is 0 Å². The summed E-state index contributed by atoms with van der Waals surface area (Å²) in [7, 11) is 0. The number of hydrogen-bond donors (Lipinski definition) is 1. The topological polar surface area (TPSA) is 66.8 Å². The molecule has 1 aromatic rings. The number of hydrogen-bond acceptors (Lipinski definition) is 3. The van der Waals surface area contributed by atoms with Crippen LogP contribution in [0.2, 0.25) is 0 Å². The lowest BCUT2D eigenvalue weighted by molar-refractivity contribution is -0.158. The van der Waals surface area contributed by atoms with Gasteiger partial charge in [0.1, 0.15) is 5.82 Å². The second kappa shape index (κ2) is 6.49. The number of carboxylic acids is 1. The van der Waals surface area contributed by atoms with E-state index < -0.39 is 12.1 Å². The maximum atomic E-state index is 13.2. The molecule has 1 aliphatic heterocycles. The summed E-state index contributed by atoms with van der Waals surface area (Å²) in [4.78, 5) is 24.4. The average Bonchev–Trinajstić information content (AvgIpc) is 2.47. The fraction of sp³-hybridized carbons (Fsp3) is 0.333. The van der Waals surface area contributed by atoms with Crippen molar-refractivity contribution in [2.75, 3.05) is 19.7 Å². The molecule has 1 unspecified atom stereocenters. The molecule has 0 aromatic heterocycles. The second-order valence-electron chi connectivity index (χ2n) is 4.82. The molecule has 0 spiro atoms. The molecule has 1 heterocycles. The molecule has 1 fully saturated rings. The minimum atomic E-state index is -1.08. The molecular weight excluding hydrogens is 277 g/mol. The van der Waals surface area contributed by atoms with Crippen molar-refractivity contribution in [1.29, 1.82) is 0 Å². The van der Waals surface area contributed by atoms with E-state index in [0.717, 1.165) is 0 Å². The van der Waals surface area contributed by atoms with Gasteiger partial charge in [-0.3, -0.25) is 4.79 Å². The van der Waals surface area contributed by atoms with E-state index in [1.807, 2.05) is 0 Å². The summed E-state index contributed by atoms with van der Waals surface area (Å²) < 4.78 is 18.2. The Morgan fingerprint density at radius 2 is 2.24 bits per heavy atom. The molecule has 112 valence electrons. The zero-order valence-corrected chi connectivity index (χ0v) is 11.6. The van der Waals surface area contributed by atoms with E-state index >= 15 is 0 Å². The Labute approximate surface area is 121 Å². The summed E-state index contributed by atoms with van der Waals surface area (Å²) in [6, 6.07) is 5.96. The van der Waals surface area contributed by atoms with Crippen LogP contribution in [0.15, 0.2) is 30.3 Å². The Morgan fingerprint density at radius 3 is 2.90 bits per heavy atom. The van der Waals surface area contributed by atoms with E-state index in [-0.39, 0.29) is 24.9 Å². The molecule has 2 rings (SSSR count). The first-order chi connectivity index (χ1) is 9.97. The first kappa shape index (κ1) is 15.2. The molecule has 1 saturated heterocycles. The molecule has 0 aliphatic carbocycles. The van der Waals surface area contributed by atoms with Crippen LogP contribution in [0.5, 0.6) is 0 Å². The molecule has 0 radical (unpaired) electrons. The van der Waals surface area contributed by atoms with E-state index in [1.54, 1.807) is 19.1 Å². The van der Waals surface area contributed by atoms with Gasteiger partial charge < -0.3 is 14.7 Å². The van der Waals surface area contributed by atoms with Crippen molar-refractivity contribution in [2.24, 2.45) is 0 Å². The highest BCUT2D eigenvalue weighted by atomic mass is 19.1. The van der Waals surface area contributed by atoms with Crippen LogP contribution in [-0.4, -0.2) is 47.7 Å². The quantitative estimate of drug-likeness (QED) is 0.859. The van der Waals surface area contributed by atoms with Crippen LogP contribution in [0, 0.1) is 5.82 Å². The summed E-state index contributed by atoms with van der Waals surface area (Å²) in [5.41, 5.74) is 1.24. The highest BCUT2D eigenvalue weighted by Gasteiger charge is 2.28. The molecule has 1 N–H and O–H groups in total. The number of amides is 1. The van der Waals surface area contributed by atoms with Gasteiger partial charge in [-0.2, -0.15) is 0 Å². The van der Waals surface area contributed by atoms with Gasteiger partial charge >= 0.3 is 5.97 Å². The van der Waals surface area contributed by atoms with Crippen LogP contribution < -0.4 is 0 Å². The number of carbonyl (C=O) groups excluding carboxylic acids is 1. The summed E-state index contributed by atoms with van der Waals surface area (Å²) >= 11 is 0. The fourth-order valence-corrected chi connectivity index (χ4v) is 2.09. The van der Waals surface area contributed by atoms with Gasteiger partial charge in [-0.15, -0.1) is 0 Å². The molecule has 5 nitrogen and oxygen atoms in total. The predicted octanol–water partition coefficient (Wildman–Crippen LogP) is 1.54. The first-order valence-corrected chi connectivity index (χ1v) is 6.55. The number of carboxylic acid groups (broad SMARTS) is 1. The average molecular weight is 293 g/mol. The van der Waals surface area contributed by atoms with Crippen LogP contribution in [0.3, 0.4) is 0 Å². The Kier molecular flexibility index (Phi) is 4.70. The largest absolute Gasteiger partial charge is 0.479 e. The molecule has 6 heteroatoms. The Balaban J connectivity index is 2.09. The summed E-state index contributed by atoms with van der Waals surface area (Å²) in [5.74, 6) is -1.75. The maximum absolute atomic E-state index is 13.2. The molecule has 0 bridgehead atoms. The monoisotopic (exact) mass is 293 g/mol. The van der Waals surface area contributed by atoms with Crippen molar-refractivity contribution in [1.82, 2.24) is 4.90 Å². The number of rotatable bonds is 3. The number of nitrogens with zero attached hydrogens (tertiary/aromatic N) is 1. The zero-order valence-electron chi connectivity index (χ0n) is 11.6. The van der Waals surface area contributed by atoms with Gasteiger partial charge in [-0.05, 0) is 30.2 Å². The minimum Gasteiger partial charge on any atom is -0.479 e. The fourth-order valence-electron chi connectivity index (χ4n) is 2.09. The molecule has 1 aromatic carbocycles.